The maximum absolute atomic E-state index is 13.3. The topological polar surface area (TPSA) is 41.1 Å². The molecule has 0 spiro atoms. The summed E-state index contributed by atoms with van der Waals surface area (Å²) < 4.78 is 13.3. The molecule has 0 atom stereocenters. The van der Waals surface area contributed by atoms with Crippen molar-refractivity contribution in [2.75, 3.05) is 11.9 Å². The predicted octanol–water partition coefficient (Wildman–Crippen LogP) is 2.30. The Bertz CT molecular complexity index is 389. The molecule has 0 radical (unpaired) electrons. The molecule has 4 heteroatoms. The largest absolute Gasteiger partial charge is 0.374 e. The van der Waals surface area contributed by atoms with Crippen LogP contribution in [0.3, 0.4) is 0 Å². The first-order valence-electron chi connectivity index (χ1n) is 6.03. The second-order valence-corrected chi connectivity index (χ2v) is 4.38. The Labute approximate surface area is 100 Å². The molecule has 1 aliphatic rings. The number of nitrogens with one attached hydrogen (secondary N) is 2. The van der Waals surface area contributed by atoms with Crippen molar-refractivity contribution in [3.05, 3.63) is 30.1 Å². The average Bonchev–Trinajstić information content (AvgIpc) is 2.81. The lowest BCUT2D eigenvalue weighted by molar-refractivity contribution is -0.120. The number of carbonyl (C=O) groups is 1. The first kappa shape index (κ1) is 11.9. The van der Waals surface area contributed by atoms with Crippen LogP contribution >= 0.6 is 0 Å². The highest BCUT2D eigenvalue weighted by Gasteiger charge is 2.16. The summed E-state index contributed by atoms with van der Waals surface area (Å²) in [6, 6.07) is 6.67. The molecule has 2 N–H and O–H groups in total. The van der Waals surface area contributed by atoms with Gasteiger partial charge in [0.2, 0.25) is 5.91 Å². The lowest BCUT2D eigenvalue weighted by Crippen LogP contribution is -2.36. The third-order valence-electron chi connectivity index (χ3n) is 3.03. The molecule has 1 aromatic carbocycles. The molecule has 0 aliphatic heterocycles. The van der Waals surface area contributed by atoms with Crippen molar-refractivity contribution in [1.82, 2.24) is 5.32 Å². The number of carbonyl (C=O) groups excluding carboxylic acids is 1. The van der Waals surface area contributed by atoms with E-state index in [1.807, 2.05) is 0 Å². The number of para-hydroxylation sites is 1. The van der Waals surface area contributed by atoms with Crippen molar-refractivity contribution in [3.63, 3.8) is 0 Å². The van der Waals surface area contributed by atoms with Gasteiger partial charge in [-0.2, -0.15) is 0 Å². The first-order chi connectivity index (χ1) is 8.25. The second-order valence-electron chi connectivity index (χ2n) is 4.38. The van der Waals surface area contributed by atoms with Gasteiger partial charge in [-0.05, 0) is 25.0 Å². The van der Waals surface area contributed by atoms with Crippen LogP contribution in [-0.2, 0) is 4.79 Å². The van der Waals surface area contributed by atoms with E-state index in [1.165, 1.54) is 18.9 Å². The molecule has 1 fully saturated rings. The van der Waals surface area contributed by atoms with Crippen LogP contribution in [0.5, 0.6) is 0 Å². The van der Waals surface area contributed by atoms with Gasteiger partial charge in [-0.25, -0.2) is 4.39 Å². The molecule has 92 valence electrons. The van der Waals surface area contributed by atoms with E-state index in [1.54, 1.807) is 18.2 Å². The summed E-state index contributed by atoms with van der Waals surface area (Å²) in [7, 11) is 0. The van der Waals surface area contributed by atoms with Gasteiger partial charge in [0.25, 0.3) is 0 Å². The summed E-state index contributed by atoms with van der Waals surface area (Å²) >= 11 is 0. The van der Waals surface area contributed by atoms with Crippen LogP contribution in [0.15, 0.2) is 24.3 Å². The number of amides is 1. The number of hydrogen-bond acceptors (Lipinski definition) is 2. The van der Waals surface area contributed by atoms with Gasteiger partial charge in [0, 0.05) is 6.04 Å². The molecule has 0 unspecified atom stereocenters. The summed E-state index contributed by atoms with van der Waals surface area (Å²) in [5.74, 6) is -0.402. The van der Waals surface area contributed by atoms with E-state index >= 15 is 0 Å². The molecule has 3 nitrogen and oxygen atoms in total. The van der Waals surface area contributed by atoms with E-state index in [0.29, 0.717) is 11.7 Å². The van der Waals surface area contributed by atoms with Crippen LogP contribution in [-0.4, -0.2) is 18.5 Å². The smallest absolute Gasteiger partial charge is 0.239 e. The SMILES string of the molecule is O=C(CNc1ccccc1F)NC1CCCC1. The molecule has 0 heterocycles. The second kappa shape index (κ2) is 5.66. The molecule has 1 aromatic rings. The number of anilines is 1. The minimum Gasteiger partial charge on any atom is -0.374 e. The minimum atomic E-state index is -0.332. The first-order valence-corrected chi connectivity index (χ1v) is 6.03. The van der Waals surface area contributed by atoms with Crippen LogP contribution in [0.2, 0.25) is 0 Å². The van der Waals surface area contributed by atoms with Crippen LogP contribution < -0.4 is 10.6 Å². The molecule has 1 aliphatic carbocycles. The van der Waals surface area contributed by atoms with Crippen LogP contribution in [0.1, 0.15) is 25.7 Å². The van der Waals surface area contributed by atoms with Gasteiger partial charge >= 0.3 is 0 Å². The van der Waals surface area contributed by atoms with Crippen molar-refractivity contribution in [2.45, 2.75) is 31.7 Å². The molecule has 2 rings (SSSR count). The summed E-state index contributed by atoms with van der Waals surface area (Å²) in [5.41, 5.74) is 0.370. The Balaban J connectivity index is 1.77. The zero-order valence-electron chi connectivity index (χ0n) is 9.71. The van der Waals surface area contributed by atoms with Gasteiger partial charge in [0.1, 0.15) is 5.82 Å². The van der Waals surface area contributed by atoms with Gasteiger partial charge in [-0.15, -0.1) is 0 Å². The number of hydrogen-bond donors (Lipinski definition) is 2. The molecule has 0 saturated heterocycles. The highest BCUT2D eigenvalue weighted by Crippen LogP contribution is 2.17. The van der Waals surface area contributed by atoms with Crippen molar-refractivity contribution in [1.29, 1.82) is 0 Å². The van der Waals surface area contributed by atoms with E-state index in [0.717, 1.165) is 12.8 Å². The number of halogens is 1. The monoisotopic (exact) mass is 236 g/mol. The number of rotatable bonds is 4. The molecule has 0 aromatic heterocycles. The standard InChI is InChI=1S/C13H17FN2O/c14-11-7-3-4-8-12(11)15-9-13(17)16-10-5-1-2-6-10/h3-4,7-8,10,15H,1-2,5-6,9H2,(H,16,17). The molecule has 1 amide bonds. The molecular formula is C13H17FN2O. The van der Waals surface area contributed by atoms with E-state index in [4.69, 9.17) is 0 Å². The molecular weight excluding hydrogens is 219 g/mol. The third kappa shape index (κ3) is 3.44. The molecule has 17 heavy (non-hydrogen) atoms. The molecule has 1 saturated carbocycles. The minimum absolute atomic E-state index is 0.0693. The zero-order chi connectivity index (χ0) is 12.1. The summed E-state index contributed by atoms with van der Waals surface area (Å²) in [5, 5.41) is 5.74. The Morgan fingerprint density at radius 3 is 2.71 bits per heavy atom. The third-order valence-corrected chi connectivity index (χ3v) is 3.03. The van der Waals surface area contributed by atoms with E-state index < -0.39 is 0 Å². The summed E-state index contributed by atoms with van der Waals surface area (Å²) in [6.45, 7) is 0.122. The van der Waals surface area contributed by atoms with Gasteiger partial charge in [0.05, 0.1) is 12.2 Å². The van der Waals surface area contributed by atoms with Crippen LogP contribution in [0, 0.1) is 5.82 Å². The fourth-order valence-electron chi connectivity index (χ4n) is 2.13. The van der Waals surface area contributed by atoms with Gasteiger partial charge < -0.3 is 10.6 Å². The van der Waals surface area contributed by atoms with Gasteiger partial charge in [0.15, 0.2) is 0 Å². The van der Waals surface area contributed by atoms with E-state index in [9.17, 15) is 9.18 Å². The van der Waals surface area contributed by atoms with E-state index in [-0.39, 0.29) is 18.3 Å². The lowest BCUT2D eigenvalue weighted by Gasteiger charge is -2.13. The Morgan fingerprint density at radius 2 is 2.00 bits per heavy atom. The summed E-state index contributed by atoms with van der Waals surface area (Å²) in [6.07, 6.45) is 4.49. The van der Waals surface area contributed by atoms with Crippen LogP contribution in [0.4, 0.5) is 10.1 Å². The van der Waals surface area contributed by atoms with Crippen molar-refractivity contribution in [2.24, 2.45) is 0 Å². The van der Waals surface area contributed by atoms with Gasteiger partial charge in [-0.3, -0.25) is 4.79 Å². The highest BCUT2D eigenvalue weighted by atomic mass is 19.1. The Kier molecular flexibility index (Phi) is 3.96. The Morgan fingerprint density at radius 1 is 1.29 bits per heavy atom. The van der Waals surface area contributed by atoms with Crippen LogP contribution in [0.25, 0.3) is 0 Å². The Hall–Kier alpha value is -1.58. The fraction of sp³-hybridized carbons (Fsp3) is 0.462. The maximum Gasteiger partial charge on any atom is 0.239 e. The van der Waals surface area contributed by atoms with Crippen molar-refractivity contribution < 1.29 is 9.18 Å². The maximum atomic E-state index is 13.3. The van der Waals surface area contributed by atoms with Crippen molar-refractivity contribution >= 4 is 11.6 Å². The normalized spacial score (nSPS) is 15.8. The lowest BCUT2D eigenvalue weighted by atomic mass is 10.2. The fourth-order valence-corrected chi connectivity index (χ4v) is 2.13. The number of benzene rings is 1. The predicted molar refractivity (Wildman–Crippen MR) is 65.3 cm³/mol. The molecule has 0 bridgehead atoms. The average molecular weight is 236 g/mol. The zero-order valence-corrected chi connectivity index (χ0v) is 9.71. The van der Waals surface area contributed by atoms with Gasteiger partial charge in [-0.1, -0.05) is 25.0 Å². The summed E-state index contributed by atoms with van der Waals surface area (Å²) in [4.78, 5) is 11.6. The highest BCUT2D eigenvalue weighted by molar-refractivity contribution is 5.81. The van der Waals surface area contributed by atoms with E-state index in [2.05, 4.69) is 10.6 Å². The van der Waals surface area contributed by atoms with Crippen molar-refractivity contribution in [3.8, 4) is 0 Å². The quantitative estimate of drug-likeness (QED) is 0.842.